The van der Waals surface area contributed by atoms with Gasteiger partial charge in [0.2, 0.25) is 0 Å². The molecule has 0 N–H and O–H groups in total. The second kappa shape index (κ2) is 4.06. The van der Waals surface area contributed by atoms with Crippen LogP contribution in [0.5, 0.6) is 0 Å². The molecule has 3 rings (SSSR count). The van der Waals surface area contributed by atoms with Gasteiger partial charge in [0.15, 0.2) is 0 Å². The Morgan fingerprint density at radius 3 is 2.35 bits per heavy atom. The predicted molar refractivity (Wildman–Crippen MR) is 74.6 cm³/mol. The first-order valence-electron chi connectivity index (χ1n) is 5.90. The van der Waals surface area contributed by atoms with Gasteiger partial charge in [-0.25, -0.2) is 0 Å². The average molecular weight is 218 g/mol. The van der Waals surface area contributed by atoms with Crippen LogP contribution in [0, 0.1) is 0 Å². The number of benzene rings is 2. The largest absolute Gasteiger partial charge is 0.0984 e. The summed E-state index contributed by atoms with van der Waals surface area (Å²) in [6.45, 7) is 3.88. The molecular weight excluding hydrogens is 204 g/mol. The summed E-state index contributed by atoms with van der Waals surface area (Å²) in [5, 5.41) is 0. The lowest BCUT2D eigenvalue weighted by Gasteiger charge is -2.07. The molecule has 0 heteroatoms. The van der Waals surface area contributed by atoms with E-state index in [0.717, 1.165) is 6.42 Å². The fourth-order valence-corrected chi connectivity index (χ4v) is 2.09. The number of allylic oxidation sites excluding steroid dienone is 2. The van der Waals surface area contributed by atoms with Gasteiger partial charge in [-0.1, -0.05) is 61.2 Å². The van der Waals surface area contributed by atoms with E-state index in [1.165, 1.54) is 27.8 Å². The summed E-state index contributed by atoms with van der Waals surface area (Å²) in [5.41, 5.74) is 6.55. The molecule has 2 aromatic carbocycles. The first-order chi connectivity index (χ1) is 8.38. The molecule has 2 aromatic rings. The van der Waals surface area contributed by atoms with Gasteiger partial charge in [-0.05, 0) is 40.3 Å². The molecule has 0 fully saturated rings. The summed E-state index contributed by atoms with van der Waals surface area (Å²) in [6, 6.07) is 17.1. The zero-order valence-corrected chi connectivity index (χ0v) is 9.69. The fraction of sp³-hybridized carbons (Fsp3) is 0.0588. The molecule has 0 radical (unpaired) electrons. The molecule has 0 spiro atoms. The van der Waals surface area contributed by atoms with Crippen molar-refractivity contribution in [3.05, 3.63) is 72.3 Å². The normalized spacial score (nSPS) is 13.1. The molecule has 0 saturated heterocycles. The standard InChI is InChI=1S/C17H14/c1-2-13-8-11-16(12-17(13)15-9-10-15)14-6-4-3-5-7-14/h2-9,11-12H,1,10H2. The Balaban J connectivity index is 2.11. The van der Waals surface area contributed by atoms with Crippen LogP contribution >= 0.6 is 0 Å². The van der Waals surface area contributed by atoms with E-state index in [2.05, 4.69) is 55.1 Å². The van der Waals surface area contributed by atoms with E-state index in [1.807, 2.05) is 12.1 Å². The van der Waals surface area contributed by atoms with E-state index < -0.39 is 0 Å². The van der Waals surface area contributed by atoms with Crippen LogP contribution in [0.4, 0.5) is 0 Å². The summed E-state index contributed by atoms with van der Waals surface area (Å²) in [4.78, 5) is 0. The zero-order chi connectivity index (χ0) is 11.7. The van der Waals surface area contributed by atoms with Crippen LogP contribution in [0.25, 0.3) is 22.8 Å². The van der Waals surface area contributed by atoms with E-state index in [1.54, 1.807) is 0 Å². The lowest BCUT2D eigenvalue weighted by molar-refractivity contribution is 1.54. The van der Waals surface area contributed by atoms with Crippen molar-refractivity contribution in [1.29, 1.82) is 0 Å². The molecule has 0 saturated carbocycles. The van der Waals surface area contributed by atoms with Gasteiger partial charge in [0, 0.05) is 0 Å². The van der Waals surface area contributed by atoms with Gasteiger partial charge < -0.3 is 0 Å². The second-order valence-electron chi connectivity index (χ2n) is 4.31. The highest BCUT2D eigenvalue weighted by molar-refractivity contribution is 5.85. The first kappa shape index (κ1) is 10.1. The molecule has 1 aliphatic rings. The van der Waals surface area contributed by atoms with Crippen molar-refractivity contribution in [2.45, 2.75) is 6.42 Å². The summed E-state index contributed by atoms with van der Waals surface area (Å²) in [6.07, 6.45) is 5.32. The van der Waals surface area contributed by atoms with Crippen LogP contribution in [0.1, 0.15) is 17.5 Å². The number of hydrogen-bond acceptors (Lipinski definition) is 0. The first-order valence-corrected chi connectivity index (χ1v) is 5.90. The van der Waals surface area contributed by atoms with Crippen LogP contribution in [0.15, 0.2) is 61.2 Å². The number of rotatable bonds is 3. The summed E-state index contributed by atoms with van der Waals surface area (Å²) >= 11 is 0. The second-order valence-corrected chi connectivity index (χ2v) is 4.31. The highest BCUT2D eigenvalue weighted by Crippen LogP contribution is 2.36. The van der Waals surface area contributed by atoms with Crippen molar-refractivity contribution < 1.29 is 0 Å². The Kier molecular flexibility index (Phi) is 2.41. The molecule has 17 heavy (non-hydrogen) atoms. The average Bonchev–Trinajstić information content (AvgIpc) is 3.23. The molecule has 0 amide bonds. The van der Waals surface area contributed by atoms with Crippen molar-refractivity contribution >= 4 is 11.6 Å². The highest BCUT2D eigenvalue weighted by Gasteiger charge is 2.13. The SMILES string of the molecule is C=Cc1ccc(-c2ccccc2)cc1C1=CC1. The van der Waals surface area contributed by atoms with Gasteiger partial charge in [0.1, 0.15) is 0 Å². The smallest absolute Gasteiger partial charge is 0.00882 e. The molecule has 0 heterocycles. The van der Waals surface area contributed by atoms with E-state index in [0.29, 0.717) is 0 Å². The van der Waals surface area contributed by atoms with Gasteiger partial charge in [0.05, 0.1) is 0 Å². The Labute approximate surface area is 102 Å². The van der Waals surface area contributed by atoms with E-state index in [4.69, 9.17) is 0 Å². The molecule has 0 unspecified atom stereocenters. The Morgan fingerprint density at radius 2 is 1.71 bits per heavy atom. The van der Waals surface area contributed by atoms with E-state index in [-0.39, 0.29) is 0 Å². The summed E-state index contributed by atoms with van der Waals surface area (Å²) in [5.74, 6) is 0. The fourth-order valence-electron chi connectivity index (χ4n) is 2.09. The molecule has 0 nitrogen and oxygen atoms in total. The van der Waals surface area contributed by atoms with E-state index in [9.17, 15) is 0 Å². The van der Waals surface area contributed by atoms with E-state index >= 15 is 0 Å². The minimum absolute atomic E-state index is 1.12. The van der Waals surface area contributed by atoms with Gasteiger partial charge >= 0.3 is 0 Å². The predicted octanol–water partition coefficient (Wildman–Crippen LogP) is 4.78. The van der Waals surface area contributed by atoms with Crippen LogP contribution in [-0.2, 0) is 0 Å². The maximum Gasteiger partial charge on any atom is -0.00882 e. The quantitative estimate of drug-likeness (QED) is 0.695. The third-order valence-electron chi connectivity index (χ3n) is 3.13. The molecule has 1 aliphatic carbocycles. The van der Waals surface area contributed by atoms with Gasteiger partial charge in [-0.15, -0.1) is 0 Å². The Hall–Kier alpha value is -2.08. The lowest BCUT2D eigenvalue weighted by Crippen LogP contribution is -1.85. The van der Waals surface area contributed by atoms with Crippen molar-refractivity contribution in [3.63, 3.8) is 0 Å². The molecule has 0 atom stereocenters. The van der Waals surface area contributed by atoms with Crippen molar-refractivity contribution in [2.24, 2.45) is 0 Å². The van der Waals surface area contributed by atoms with Gasteiger partial charge in [-0.2, -0.15) is 0 Å². The summed E-state index contributed by atoms with van der Waals surface area (Å²) in [7, 11) is 0. The summed E-state index contributed by atoms with van der Waals surface area (Å²) < 4.78 is 0. The topological polar surface area (TPSA) is 0 Å². The lowest BCUT2D eigenvalue weighted by atomic mass is 9.98. The molecule has 0 bridgehead atoms. The molecule has 0 aromatic heterocycles. The maximum absolute atomic E-state index is 3.88. The highest BCUT2D eigenvalue weighted by atomic mass is 14.2. The molecule has 0 aliphatic heterocycles. The minimum Gasteiger partial charge on any atom is -0.0984 e. The van der Waals surface area contributed by atoms with Crippen LogP contribution in [0.3, 0.4) is 0 Å². The van der Waals surface area contributed by atoms with Crippen molar-refractivity contribution in [2.75, 3.05) is 0 Å². The third kappa shape index (κ3) is 1.94. The van der Waals surface area contributed by atoms with Gasteiger partial charge in [-0.3, -0.25) is 0 Å². The molecule has 82 valence electrons. The Morgan fingerprint density at radius 1 is 0.941 bits per heavy atom. The molecular formula is C17H14. The number of hydrogen-bond donors (Lipinski definition) is 0. The third-order valence-corrected chi connectivity index (χ3v) is 3.13. The zero-order valence-electron chi connectivity index (χ0n) is 9.69. The maximum atomic E-state index is 3.88. The minimum atomic E-state index is 1.12. The van der Waals surface area contributed by atoms with Crippen molar-refractivity contribution in [3.8, 4) is 11.1 Å². The van der Waals surface area contributed by atoms with Crippen molar-refractivity contribution in [1.82, 2.24) is 0 Å². The van der Waals surface area contributed by atoms with Crippen LogP contribution in [0.2, 0.25) is 0 Å². The van der Waals surface area contributed by atoms with Gasteiger partial charge in [0.25, 0.3) is 0 Å². The Bertz CT molecular complexity index is 589. The van der Waals surface area contributed by atoms with Crippen LogP contribution < -0.4 is 0 Å². The van der Waals surface area contributed by atoms with Crippen LogP contribution in [-0.4, -0.2) is 0 Å². The monoisotopic (exact) mass is 218 g/mol.